The van der Waals surface area contributed by atoms with Gasteiger partial charge in [0.15, 0.2) is 0 Å². The van der Waals surface area contributed by atoms with Gasteiger partial charge >= 0.3 is 0 Å². The molecule has 1 aromatic carbocycles. The summed E-state index contributed by atoms with van der Waals surface area (Å²) in [6, 6.07) is 8.18. The molecule has 2 aromatic rings. The Morgan fingerprint density at radius 2 is 1.83 bits per heavy atom. The summed E-state index contributed by atoms with van der Waals surface area (Å²) in [5, 5.41) is 4.71. The number of carbonyl (C=O) groups is 2. The van der Waals surface area contributed by atoms with Gasteiger partial charge in [-0.05, 0) is 43.9 Å². The van der Waals surface area contributed by atoms with E-state index >= 15 is 0 Å². The van der Waals surface area contributed by atoms with E-state index < -0.39 is 5.91 Å². The number of hydrogen-bond acceptors (Lipinski definition) is 4. The van der Waals surface area contributed by atoms with Gasteiger partial charge in [0.1, 0.15) is 5.69 Å². The van der Waals surface area contributed by atoms with E-state index in [-0.39, 0.29) is 11.9 Å². The van der Waals surface area contributed by atoms with Gasteiger partial charge in [-0.15, -0.1) is 0 Å². The maximum Gasteiger partial charge on any atom is 0.252 e. The molecule has 3 heterocycles. The van der Waals surface area contributed by atoms with E-state index in [2.05, 4.69) is 23.6 Å². The third-order valence-corrected chi connectivity index (χ3v) is 5.87. The number of nitrogens with zero attached hydrogens (tertiary/aromatic N) is 4. The predicted octanol–water partition coefficient (Wildman–Crippen LogP) is 2.60. The number of amides is 2. The molecule has 2 amide bonds. The van der Waals surface area contributed by atoms with E-state index in [9.17, 15) is 9.59 Å². The molecule has 2 aliphatic rings. The summed E-state index contributed by atoms with van der Waals surface area (Å²) in [5.74, 6) is -0.570. The summed E-state index contributed by atoms with van der Waals surface area (Å²) in [7, 11) is 0. The molecule has 0 aliphatic carbocycles. The van der Waals surface area contributed by atoms with Crippen molar-refractivity contribution in [1.82, 2.24) is 14.7 Å². The number of piperidine rings is 1. The molecular weight excluding hydrogens is 366 g/mol. The highest BCUT2D eigenvalue weighted by molar-refractivity contribution is 5.98. The zero-order valence-corrected chi connectivity index (χ0v) is 16.6. The van der Waals surface area contributed by atoms with Crippen molar-refractivity contribution in [3.8, 4) is 11.3 Å². The van der Waals surface area contributed by atoms with Gasteiger partial charge in [0.05, 0.1) is 11.6 Å². The van der Waals surface area contributed by atoms with Crippen molar-refractivity contribution in [2.24, 2.45) is 5.73 Å². The number of nitrogens with two attached hydrogens (primary N) is 1. The highest BCUT2D eigenvalue weighted by Gasteiger charge is 2.26. The fourth-order valence-electron chi connectivity index (χ4n) is 4.28. The van der Waals surface area contributed by atoms with Gasteiger partial charge < -0.3 is 15.5 Å². The number of carbonyl (C=O) groups excluding carboxylic acids is 2. The smallest absolute Gasteiger partial charge is 0.252 e. The summed E-state index contributed by atoms with van der Waals surface area (Å²) in [5.41, 5.74) is 8.71. The van der Waals surface area contributed by atoms with E-state index in [1.165, 1.54) is 24.6 Å². The molecule has 1 atom stereocenters. The molecule has 1 aromatic heterocycles. The normalized spacial score (nSPS) is 19.4. The van der Waals surface area contributed by atoms with Gasteiger partial charge in [0, 0.05) is 43.6 Å². The quantitative estimate of drug-likeness (QED) is 0.792. The van der Waals surface area contributed by atoms with Crippen LogP contribution in [0.2, 0.25) is 0 Å². The van der Waals surface area contributed by atoms with E-state index in [0.29, 0.717) is 17.8 Å². The predicted molar refractivity (Wildman–Crippen MR) is 113 cm³/mol. The van der Waals surface area contributed by atoms with Crippen molar-refractivity contribution in [3.05, 3.63) is 48.7 Å². The van der Waals surface area contributed by atoms with Crippen LogP contribution in [0.15, 0.2) is 43.1 Å². The Labute approximate surface area is 170 Å². The molecule has 0 spiro atoms. The molecule has 0 radical (unpaired) electrons. The van der Waals surface area contributed by atoms with Crippen LogP contribution in [-0.2, 0) is 4.79 Å². The number of rotatable bonds is 5. The lowest BCUT2D eigenvalue weighted by atomic mass is 10.1. The second kappa shape index (κ2) is 8.11. The minimum atomic E-state index is -0.496. The Balaban J connectivity index is 1.60. The van der Waals surface area contributed by atoms with Crippen molar-refractivity contribution >= 4 is 17.5 Å². The van der Waals surface area contributed by atoms with E-state index in [4.69, 9.17) is 10.8 Å². The lowest BCUT2D eigenvalue weighted by Crippen LogP contribution is -2.40. The van der Waals surface area contributed by atoms with Crippen LogP contribution in [0.25, 0.3) is 11.3 Å². The monoisotopic (exact) mass is 393 g/mol. The number of likely N-dealkylation sites (tertiary alicyclic amines) is 1. The SMILES string of the molecule is C=CC(=O)N1CCCC(n2cc(C(N)=O)c(-c3ccc(N4CCCC4)cc3)n2)C1. The average Bonchev–Trinajstić information content (AvgIpc) is 3.44. The second-order valence-electron chi connectivity index (χ2n) is 7.76. The van der Waals surface area contributed by atoms with E-state index in [1.807, 2.05) is 12.1 Å². The second-order valence-corrected chi connectivity index (χ2v) is 7.76. The number of anilines is 1. The van der Waals surface area contributed by atoms with Crippen molar-refractivity contribution in [2.75, 3.05) is 31.1 Å². The minimum absolute atomic E-state index is 0.0170. The molecule has 2 fully saturated rings. The average molecular weight is 393 g/mol. The van der Waals surface area contributed by atoms with Crippen LogP contribution < -0.4 is 10.6 Å². The zero-order chi connectivity index (χ0) is 20.4. The first-order valence-corrected chi connectivity index (χ1v) is 10.2. The summed E-state index contributed by atoms with van der Waals surface area (Å²) in [6.45, 7) is 7.01. The van der Waals surface area contributed by atoms with Crippen molar-refractivity contribution < 1.29 is 9.59 Å². The highest BCUT2D eigenvalue weighted by Crippen LogP contribution is 2.29. The van der Waals surface area contributed by atoms with Gasteiger partial charge in [-0.25, -0.2) is 0 Å². The molecule has 0 bridgehead atoms. The van der Waals surface area contributed by atoms with Crippen LogP contribution in [-0.4, -0.2) is 52.7 Å². The van der Waals surface area contributed by atoms with Gasteiger partial charge in [0.2, 0.25) is 5.91 Å². The van der Waals surface area contributed by atoms with Crippen LogP contribution in [0.4, 0.5) is 5.69 Å². The molecule has 2 N–H and O–H groups in total. The molecule has 152 valence electrons. The molecule has 2 saturated heterocycles. The number of primary amides is 1. The number of hydrogen-bond donors (Lipinski definition) is 1. The maximum atomic E-state index is 12.1. The van der Waals surface area contributed by atoms with Crippen LogP contribution in [0, 0.1) is 0 Å². The molecule has 1 unspecified atom stereocenters. The third-order valence-electron chi connectivity index (χ3n) is 5.87. The summed E-state index contributed by atoms with van der Waals surface area (Å²) in [4.78, 5) is 28.2. The van der Waals surface area contributed by atoms with Crippen molar-refractivity contribution in [2.45, 2.75) is 31.7 Å². The van der Waals surface area contributed by atoms with Crippen molar-refractivity contribution in [3.63, 3.8) is 0 Å². The van der Waals surface area contributed by atoms with E-state index in [1.54, 1.807) is 15.8 Å². The summed E-state index contributed by atoms with van der Waals surface area (Å²) < 4.78 is 1.80. The van der Waals surface area contributed by atoms with Crippen LogP contribution in [0.3, 0.4) is 0 Å². The molecular formula is C22H27N5O2. The van der Waals surface area contributed by atoms with Crippen LogP contribution >= 0.6 is 0 Å². The summed E-state index contributed by atoms with van der Waals surface area (Å²) in [6.07, 6.45) is 7.30. The lowest BCUT2D eigenvalue weighted by molar-refractivity contribution is -0.127. The lowest BCUT2D eigenvalue weighted by Gasteiger charge is -2.32. The van der Waals surface area contributed by atoms with Crippen LogP contribution in [0.1, 0.15) is 42.1 Å². The van der Waals surface area contributed by atoms with Gasteiger partial charge in [0.25, 0.3) is 5.91 Å². The Kier molecular flexibility index (Phi) is 5.38. The van der Waals surface area contributed by atoms with Gasteiger partial charge in [-0.1, -0.05) is 18.7 Å². The zero-order valence-electron chi connectivity index (χ0n) is 16.6. The number of benzene rings is 1. The Hall–Kier alpha value is -3.09. The molecule has 0 saturated carbocycles. The fraction of sp³-hybridized carbons (Fsp3) is 0.409. The first-order valence-electron chi connectivity index (χ1n) is 10.2. The standard InChI is InChI=1S/C22H27N5O2/c1-2-20(28)26-13-5-6-18(14-26)27-15-19(22(23)29)21(24-27)16-7-9-17(10-8-16)25-11-3-4-12-25/h2,7-10,15,18H,1,3-6,11-14H2,(H2,23,29). The first-order chi connectivity index (χ1) is 14.1. The topological polar surface area (TPSA) is 84.5 Å². The van der Waals surface area contributed by atoms with Gasteiger partial charge in [-0.2, -0.15) is 5.10 Å². The van der Waals surface area contributed by atoms with Crippen molar-refractivity contribution in [1.29, 1.82) is 0 Å². The molecule has 7 nitrogen and oxygen atoms in total. The Morgan fingerprint density at radius 1 is 1.10 bits per heavy atom. The molecule has 2 aliphatic heterocycles. The van der Waals surface area contributed by atoms with E-state index in [0.717, 1.165) is 38.0 Å². The Morgan fingerprint density at radius 3 is 2.48 bits per heavy atom. The van der Waals surface area contributed by atoms with Gasteiger partial charge in [-0.3, -0.25) is 14.3 Å². The molecule has 4 rings (SSSR count). The molecule has 7 heteroatoms. The maximum absolute atomic E-state index is 12.1. The number of aromatic nitrogens is 2. The molecule has 29 heavy (non-hydrogen) atoms. The third kappa shape index (κ3) is 3.90. The highest BCUT2D eigenvalue weighted by atomic mass is 16.2. The Bertz CT molecular complexity index is 912. The fourth-order valence-corrected chi connectivity index (χ4v) is 4.28. The minimum Gasteiger partial charge on any atom is -0.372 e. The van der Waals surface area contributed by atoms with Crippen LogP contribution in [0.5, 0.6) is 0 Å². The largest absolute Gasteiger partial charge is 0.372 e. The first kappa shape index (κ1) is 19.2. The summed E-state index contributed by atoms with van der Waals surface area (Å²) >= 11 is 0.